The molecule has 0 bridgehead atoms. The number of rotatable bonds is 4. The number of sulfonamides is 1. The lowest BCUT2D eigenvalue weighted by Crippen LogP contribution is -2.48. The van der Waals surface area contributed by atoms with Gasteiger partial charge in [-0.15, -0.1) is 0 Å². The van der Waals surface area contributed by atoms with Gasteiger partial charge in [-0.1, -0.05) is 24.3 Å². The quantitative estimate of drug-likeness (QED) is 0.630. The Bertz CT molecular complexity index is 1120. The first-order valence-corrected chi connectivity index (χ1v) is 10.5. The van der Waals surface area contributed by atoms with E-state index in [1.807, 2.05) is 29.2 Å². The third-order valence-corrected chi connectivity index (χ3v) is 6.81. The zero-order chi connectivity index (χ0) is 19.7. The zero-order valence-electron chi connectivity index (χ0n) is 15.4. The molecule has 8 heteroatoms. The molecule has 2 aromatic carbocycles. The van der Waals surface area contributed by atoms with Crippen LogP contribution in [0.2, 0.25) is 0 Å². The molecule has 1 fully saturated rings. The summed E-state index contributed by atoms with van der Waals surface area (Å²) in [6.07, 6.45) is 1.73. The van der Waals surface area contributed by atoms with Crippen LogP contribution in [0.15, 0.2) is 59.6 Å². The van der Waals surface area contributed by atoms with E-state index in [-0.39, 0.29) is 10.7 Å². The molecule has 0 unspecified atom stereocenters. The highest BCUT2D eigenvalue weighted by Gasteiger charge is 2.29. The first-order valence-electron chi connectivity index (χ1n) is 9.03. The Balaban J connectivity index is 1.48. The summed E-state index contributed by atoms with van der Waals surface area (Å²) < 4.78 is 27.2. The van der Waals surface area contributed by atoms with E-state index < -0.39 is 10.0 Å². The van der Waals surface area contributed by atoms with E-state index in [9.17, 15) is 13.2 Å². The number of anilines is 1. The minimum atomic E-state index is -3.59. The van der Waals surface area contributed by atoms with Crippen LogP contribution in [0.4, 0.5) is 5.82 Å². The molecule has 1 saturated heterocycles. The van der Waals surface area contributed by atoms with Gasteiger partial charge in [-0.2, -0.15) is 4.31 Å². The second-order valence-corrected chi connectivity index (χ2v) is 8.63. The summed E-state index contributed by atoms with van der Waals surface area (Å²) in [4.78, 5) is 22.7. The van der Waals surface area contributed by atoms with E-state index in [0.717, 1.165) is 16.9 Å². The molecule has 7 nitrogen and oxygen atoms in total. The predicted octanol–water partition coefficient (Wildman–Crippen LogP) is 2.34. The fourth-order valence-corrected chi connectivity index (χ4v) is 4.69. The molecule has 0 atom stereocenters. The smallest absolute Gasteiger partial charge is 0.243 e. The fourth-order valence-electron chi connectivity index (χ4n) is 3.27. The van der Waals surface area contributed by atoms with E-state index >= 15 is 0 Å². The number of nitrogens with zero attached hydrogens (tertiary/aromatic N) is 4. The highest BCUT2D eigenvalue weighted by molar-refractivity contribution is 7.89. The molecule has 28 heavy (non-hydrogen) atoms. The van der Waals surface area contributed by atoms with Gasteiger partial charge in [0.25, 0.3) is 0 Å². The number of aromatic nitrogens is 2. The van der Waals surface area contributed by atoms with Crippen LogP contribution in [-0.2, 0) is 10.0 Å². The van der Waals surface area contributed by atoms with Crippen LogP contribution in [0.25, 0.3) is 11.0 Å². The van der Waals surface area contributed by atoms with Gasteiger partial charge in [0, 0.05) is 31.7 Å². The molecule has 144 valence electrons. The Morgan fingerprint density at radius 2 is 1.57 bits per heavy atom. The van der Waals surface area contributed by atoms with Crippen molar-refractivity contribution < 1.29 is 13.2 Å². The van der Waals surface area contributed by atoms with Gasteiger partial charge in [0.15, 0.2) is 5.78 Å². The van der Waals surface area contributed by atoms with E-state index in [1.165, 1.54) is 23.4 Å². The Labute approximate surface area is 163 Å². The van der Waals surface area contributed by atoms with Gasteiger partial charge in [-0.3, -0.25) is 9.78 Å². The summed E-state index contributed by atoms with van der Waals surface area (Å²) in [6, 6.07) is 13.8. The Hall–Kier alpha value is -2.84. The van der Waals surface area contributed by atoms with Gasteiger partial charge in [0.2, 0.25) is 10.0 Å². The minimum Gasteiger partial charge on any atom is -0.353 e. The van der Waals surface area contributed by atoms with Gasteiger partial charge in [-0.25, -0.2) is 13.4 Å². The number of benzene rings is 2. The van der Waals surface area contributed by atoms with Crippen molar-refractivity contribution in [1.82, 2.24) is 14.3 Å². The number of hydrogen-bond acceptors (Lipinski definition) is 6. The molecule has 0 radical (unpaired) electrons. The molecule has 4 rings (SSSR count). The van der Waals surface area contributed by atoms with E-state index in [1.54, 1.807) is 18.3 Å². The molecule has 1 aliphatic heterocycles. The maximum atomic E-state index is 12.9. The Morgan fingerprint density at radius 1 is 0.929 bits per heavy atom. The largest absolute Gasteiger partial charge is 0.353 e. The number of piperazine rings is 1. The van der Waals surface area contributed by atoms with Crippen LogP contribution in [-0.4, -0.2) is 54.7 Å². The normalized spacial score (nSPS) is 15.7. The van der Waals surface area contributed by atoms with Crippen molar-refractivity contribution in [3.05, 3.63) is 60.3 Å². The van der Waals surface area contributed by atoms with Crippen molar-refractivity contribution in [2.75, 3.05) is 31.1 Å². The fraction of sp³-hybridized carbons (Fsp3) is 0.250. The first kappa shape index (κ1) is 18.5. The Kier molecular flexibility index (Phi) is 4.82. The monoisotopic (exact) mass is 396 g/mol. The standard InChI is InChI=1S/C20H20N4O3S/c1-15(25)16-6-8-17(9-7-16)28(26,27)24-12-10-23(11-13-24)20-14-21-18-4-2-3-5-19(18)22-20/h2-9,14H,10-13H2,1H3. The van der Waals surface area contributed by atoms with Crippen LogP contribution in [0, 0.1) is 0 Å². The maximum absolute atomic E-state index is 12.9. The summed E-state index contributed by atoms with van der Waals surface area (Å²) in [5.74, 6) is 0.663. The molecule has 1 aromatic heterocycles. The molecule has 1 aliphatic rings. The molecule has 0 aliphatic carbocycles. The third kappa shape index (κ3) is 3.48. The van der Waals surface area contributed by atoms with Gasteiger partial charge in [-0.05, 0) is 31.2 Å². The average Bonchev–Trinajstić information content (AvgIpc) is 2.73. The van der Waals surface area contributed by atoms with Crippen LogP contribution in [0.5, 0.6) is 0 Å². The SMILES string of the molecule is CC(=O)c1ccc(S(=O)(=O)N2CCN(c3cnc4ccccc4n3)CC2)cc1. The van der Waals surface area contributed by atoms with Crippen molar-refractivity contribution in [2.45, 2.75) is 11.8 Å². The lowest BCUT2D eigenvalue weighted by molar-refractivity contribution is 0.101. The minimum absolute atomic E-state index is 0.0888. The molecule has 0 spiro atoms. The number of para-hydroxylation sites is 2. The maximum Gasteiger partial charge on any atom is 0.243 e. The molecule has 2 heterocycles. The lowest BCUT2D eigenvalue weighted by Gasteiger charge is -2.34. The number of fused-ring (bicyclic) bond motifs is 1. The van der Waals surface area contributed by atoms with Crippen molar-refractivity contribution in [1.29, 1.82) is 0 Å². The van der Waals surface area contributed by atoms with Crippen LogP contribution >= 0.6 is 0 Å². The van der Waals surface area contributed by atoms with Crippen molar-refractivity contribution >= 4 is 32.7 Å². The van der Waals surface area contributed by atoms with Crippen LogP contribution in [0.1, 0.15) is 17.3 Å². The third-order valence-electron chi connectivity index (χ3n) is 4.90. The number of carbonyl (C=O) groups excluding carboxylic acids is 1. The zero-order valence-corrected chi connectivity index (χ0v) is 16.3. The number of carbonyl (C=O) groups is 1. The van der Waals surface area contributed by atoms with Gasteiger partial charge in [0.1, 0.15) is 5.82 Å². The summed E-state index contributed by atoms with van der Waals surface area (Å²) in [5.41, 5.74) is 2.15. The molecular formula is C20H20N4O3S. The van der Waals surface area contributed by atoms with Crippen molar-refractivity contribution in [3.8, 4) is 0 Å². The molecule has 0 amide bonds. The first-order chi connectivity index (χ1) is 13.4. The lowest BCUT2D eigenvalue weighted by atomic mass is 10.2. The van der Waals surface area contributed by atoms with Gasteiger partial charge < -0.3 is 4.90 Å². The topological polar surface area (TPSA) is 83.5 Å². The van der Waals surface area contributed by atoms with Gasteiger partial charge in [0.05, 0.1) is 22.1 Å². The summed E-state index contributed by atoms with van der Waals surface area (Å²) in [6.45, 7) is 3.27. The number of hydrogen-bond donors (Lipinski definition) is 0. The second-order valence-electron chi connectivity index (χ2n) is 6.69. The van der Waals surface area contributed by atoms with Crippen molar-refractivity contribution in [2.24, 2.45) is 0 Å². The number of ketones is 1. The van der Waals surface area contributed by atoms with Gasteiger partial charge >= 0.3 is 0 Å². The van der Waals surface area contributed by atoms with Crippen LogP contribution < -0.4 is 4.90 Å². The van der Waals surface area contributed by atoms with E-state index in [2.05, 4.69) is 9.97 Å². The van der Waals surface area contributed by atoms with Crippen LogP contribution in [0.3, 0.4) is 0 Å². The Morgan fingerprint density at radius 3 is 2.21 bits per heavy atom. The highest BCUT2D eigenvalue weighted by Crippen LogP contribution is 2.21. The summed E-state index contributed by atoms with van der Waals surface area (Å²) in [7, 11) is -3.59. The van der Waals surface area contributed by atoms with Crippen molar-refractivity contribution in [3.63, 3.8) is 0 Å². The molecule has 3 aromatic rings. The average molecular weight is 396 g/mol. The summed E-state index contributed by atoms with van der Waals surface area (Å²) in [5, 5.41) is 0. The van der Waals surface area contributed by atoms with E-state index in [0.29, 0.717) is 31.7 Å². The predicted molar refractivity (Wildman–Crippen MR) is 107 cm³/mol. The number of Topliss-reactive ketones (excluding diaryl/α,β-unsaturated/α-hetero) is 1. The summed E-state index contributed by atoms with van der Waals surface area (Å²) >= 11 is 0. The second kappa shape index (κ2) is 7.29. The van der Waals surface area contributed by atoms with E-state index in [4.69, 9.17) is 0 Å². The molecular weight excluding hydrogens is 376 g/mol. The molecule has 0 N–H and O–H groups in total. The highest BCUT2D eigenvalue weighted by atomic mass is 32.2. The molecule has 0 saturated carbocycles.